The molecule has 0 bridgehead atoms. The maximum atomic E-state index is 9.36. The van der Waals surface area contributed by atoms with Crippen molar-refractivity contribution in [2.75, 3.05) is 6.61 Å². The van der Waals surface area contributed by atoms with Crippen LogP contribution in [0.1, 0.15) is 0 Å². The molecule has 0 aromatic carbocycles. The van der Waals surface area contributed by atoms with E-state index in [1.807, 2.05) is 0 Å². The fraction of sp³-hybridized carbons (Fsp3) is 1.00. The predicted molar refractivity (Wildman–Crippen MR) is 37.3 cm³/mol. The van der Waals surface area contributed by atoms with Crippen LogP contribution in [0.5, 0.6) is 0 Å². The molecule has 5 heteroatoms. The van der Waals surface area contributed by atoms with Crippen molar-refractivity contribution in [1.29, 1.82) is 0 Å². The summed E-state index contributed by atoms with van der Waals surface area (Å²) in [5, 5.41) is 36.5. The smallest absolute Gasteiger partial charge is 0.109 e. The fourth-order valence-electron chi connectivity index (χ4n) is 2.02. The second-order valence-corrected chi connectivity index (χ2v) is 3.37. The minimum absolute atomic E-state index is 0.183. The van der Waals surface area contributed by atoms with Crippen molar-refractivity contribution in [3.8, 4) is 0 Å². The standard InChI is InChI=1S/C7H12O5/c8-1-2-3-4(9)5(10)6(11)7(3)12-2/h2-11H,1H2. The van der Waals surface area contributed by atoms with Crippen LogP contribution in [0.25, 0.3) is 0 Å². The van der Waals surface area contributed by atoms with Gasteiger partial charge in [0.15, 0.2) is 0 Å². The Hall–Kier alpha value is -0.200. The van der Waals surface area contributed by atoms with Gasteiger partial charge in [0.25, 0.3) is 0 Å². The van der Waals surface area contributed by atoms with Crippen LogP contribution in [0.15, 0.2) is 0 Å². The molecule has 2 fully saturated rings. The molecule has 1 aliphatic carbocycles. The van der Waals surface area contributed by atoms with Gasteiger partial charge in [0.2, 0.25) is 0 Å². The second kappa shape index (κ2) is 2.65. The van der Waals surface area contributed by atoms with Crippen LogP contribution in [-0.4, -0.2) is 57.6 Å². The number of aliphatic hydroxyl groups is 4. The molecule has 2 aliphatic rings. The Morgan fingerprint density at radius 1 is 1.00 bits per heavy atom. The summed E-state index contributed by atoms with van der Waals surface area (Å²) < 4.78 is 5.05. The van der Waals surface area contributed by atoms with E-state index in [4.69, 9.17) is 9.84 Å². The van der Waals surface area contributed by atoms with Gasteiger partial charge < -0.3 is 25.2 Å². The van der Waals surface area contributed by atoms with Crippen LogP contribution in [0.4, 0.5) is 0 Å². The van der Waals surface area contributed by atoms with Gasteiger partial charge in [0.1, 0.15) is 12.2 Å². The van der Waals surface area contributed by atoms with Gasteiger partial charge in [-0.2, -0.15) is 0 Å². The molecule has 0 aromatic rings. The number of aliphatic hydroxyl groups excluding tert-OH is 4. The lowest BCUT2D eigenvalue weighted by molar-refractivity contribution is -0.222. The monoisotopic (exact) mass is 176 g/mol. The second-order valence-electron chi connectivity index (χ2n) is 3.37. The first-order valence-electron chi connectivity index (χ1n) is 3.97. The summed E-state index contributed by atoms with van der Waals surface area (Å²) in [6.45, 7) is -0.183. The molecule has 5 nitrogen and oxygen atoms in total. The van der Waals surface area contributed by atoms with Gasteiger partial charge in [0.05, 0.1) is 24.9 Å². The highest BCUT2D eigenvalue weighted by atomic mass is 16.6. The molecule has 0 aromatic heterocycles. The molecule has 0 spiro atoms. The van der Waals surface area contributed by atoms with E-state index in [-0.39, 0.29) is 12.5 Å². The minimum atomic E-state index is -1.14. The first kappa shape index (κ1) is 8.40. The van der Waals surface area contributed by atoms with Gasteiger partial charge in [-0.1, -0.05) is 0 Å². The zero-order chi connectivity index (χ0) is 8.88. The SMILES string of the molecule is OCC1OC2C(O)C(O)C(O)C12. The molecule has 0 radical (unpaired) electrons. The third-order valence-electron chi connectivity index (χ3n) is 2.75. The van der Waals surface area contributed by atoms with Gasteiger partial charge in [-0.25, -0.2) is 0 Å². The Kier molecular flexibility index (Phi) is 1.85. The molecular weight excluding hydrogens is 164 g/mol. The van der Waals surface area contributed by atoms with Crippen LogP contribution in [0.3, 0.4) is 0 Å². The molecule has 1 aliphatic heterocycles. The van der Waals surface area contributed by atoms with Crippen molar-refractivity contribution in [2.45, 2.75) is 30.5 Å². The summed E-state index contributed by atoms with van der Waals surface area (Å²) in [6, 6.07) is 0. The normalized spacial score (nSPS) is 58.0. The van der Waals surface area contributed by atoms with Crippen molar-refractivity contribution < 1.29 is 25.2 Å². The van der Waals surface area contributed by atoms with Crippen molar-refractivity contribution >= 4 is 0 Å². The quantitative estimate of drug-likeness (QED) is 0.353. The van der Waals surface area contributed by atoms with E-state index in [9.17, 15) is 15.3 Å². The Labute approximate surface area is 69.2 Å². The highest BCUT2D eigenvalue weighted by molar-refractivity contribution is 5.07. The molecule has 1 heterocycles. The summed E-state index contributed by atoms with van der Waals surface area (Å²) in [5.41, 5.74) is 0. The summed E-state index contributed by atoms with van der Waals surface area (Å²) in [7, 11) is 0. The highest BCUT2D eigenvalue weighted by Gasteiger charge is 2.59. The highest BCUT2D eigenvalue weighted by Crippen LogP contribution is 2.41. The van der Waals surface area contributed by atoms with Crippen LogP contribution in [0.2, 0.25) is 0 Å². The van der Waals surface area contributed by atoms with Crippen molar-refractivity contribution in [2.24, 2.45) is 5.92 Å². The van der Waals surface area contributed by atoms with Gasteiger partial charge in [-0.05, 0) is 0 Å². The lowest BCUT2D eigenvalue weighted by Crippen LogP contribution is -2.54. The van der Waals surface area contributed by atoms with Crippen molar-refractivity contribution in [1.82, 2.24) is 0 Å². The van der Waals surface area contributed by atoms with Gasteiger partial charge in [-0.3, -0.25) is 0 Å². The molecule has 2 rings (SSSR count). The Morgan fingerprint density at radius 3 is 2.17 bits per heavy atom. The summed E-state index contributed by atoms with van der Waals surface area (Å²) in [5.74, 6) is -0.319. The van der Waals surface area contributed by atoms with E-state index in [1.165, 1.54) is 0 Å². The number of hydrogen-bond acceptors (Lipinski definition) is 5. The average Bonchev–Trinajstić information content (AvgIpc) is 2.14. The van der Waals surface area contributed by atoms with E-state index in [1.54, 1.807) is 0 Å². The maximum absolute atomic E-state index is 9.36. The third kappa shape index (κ3) is 0.855. The van der Waals surface area contributed by atoms with Crippen LogP contribution in [0, 0.1) is 5.92 Å². The molecule has 70 valence electrons. The summed E-state index contributed by atoms with van der Waals surface area (Å²) >= 11 is 0. The molecule has 12 heavy (non-hydrogen) atoms. The maximum Gasteiger partial charge on any atom is 0.109 e. The topological polar surface area (TPSA) is 90.2 Å². The number of rotatable bonds is 1. The van der Waals surface area contributed by atoms with Crippen LogP contribution in [-0.2, 0) is 4.74 Å². The summed E-state index contributed by atoms with van der Waals surface area (Å²) in [6.07, 6.45) is -4.08. The van der Waals surface area contributed by atoms with Gasteiger partial charge >= 0.3 is 0 Å². The van der Waals surface area contributed by atoms with E-state index in [2.05, 4.69) is 0 Å². The lowest BCUT2D eigenvalue weighted by atomic mass is 9.90. The zero-order valence-corrected chi connectivity index (χ0v) is 6.37. The Bertz CT molecular complexity index is 175. The van der Waals surface area contributed by atoms with Gasteiger partial charge in [-0.15, -0.1) is 0 Å². The van der Waals surface area contributed by atoms with E-state index in [0.717, 1.165) is 0 Å². The van der Waals surface area contributed by atoms with Crippen molar-refractivity contribution in [3.05, 3.63) is 0 Å². The van der Waals surface area contributed by atoms with Gasteiger partial charge in [0, 0.05) is 5.92 Å². The number of ether oxygens (including phenoxy) is 1. The molecule has 0 amide bonds. The molecular formula is C7H12O5. The van der Waals surface area contributed by atoms with E-state index >= 15 is 0 Å². The largest absolute Gasteiger partial charge is 0.394 e. The first-order valence-corrected chi connectivity index (χ1v) is 3.97. The Morgan fingerprint density at radius 2 is 1.67 bits per heavy atom. The van der Waals surface area contributed by atoms with Crippen molar-refractivity contribution in [3.63, 3.8) is 0 Å². The fourth-order valence-corrected chi connectivity index (χ4v) is 2.02. The molecule has 1 saturated heterocycles. The molecule has 4 N–H and O–H groups in total. The minimum Gasteiger partial charge on any atom is -0.394 e. The van der Waals surface area contributed by atoms with E-state index < -0.39 is 30.5 Å². The third-order valence-corrected chi connectivity index (χ3v) is 2.75. The predicted octanol–water partition coefficient (Wildman–Crippen LogP) is -2.54. The molecule has 1 saturated carbocycles. The lowest BCUT2D eigenvalue weighted by Gasteiger charge is -2.41. The van der Waals surface area contributed by atoms with Crippen LogP contribution >= 0.6 is 0 Å². The number of hydrogen-bond donors (Lipinski definition) is 4. The zero-order valence-electron chi connectivity index (χ0n) is 6.37. The molecule has 6 atom stereocenters. The van der Waals surface area contributed by atoms with Crippen LogP contribution < -0.4 is 0 Å². The average molecular weight is 176 g/mol. The Balaban J connectivity index is 2.09. The number of fused-ring (bicyclic) bond motifs is 1. The molecule has 6 unspecified atom stereocenters. The van der Waals surface area contributed by atoms with E-state index in [0.29, 0.717) is 0 Å². The first-order chi connectivity index (χ1) is 5.66. The summed E-state index contributed by atoms with van der Waals surface area (Å²) in [4.78, 5) is 0.